The smallest absolute Gasteiger partial charge is 0.450 e. The lowest BCUT2D eigenvalue weighted by Gasteiger charge is -2.59. The zero-order valence-electron chi connectivity index (χ0n) is 20.4. The maximum Gasteiger partial charge on any atom is 0.506 e. The van der Waals surface area contributed by atoms with Crippen LogP contribution >= 0.6 is 0 Å². The second-order valence-electron chi connectivity index (χ2n) is 11.3. The SMILES string of the molecule is CC(C)(C(=O)NC1C2CC3CC1CC(OC(=O)O)(C3)C2)N1CCN(c2nccc(C(F)(F)F)n2)CC1. The molecule has 2 atom stereocenters. The fourth-order valence-corrected chi connectivity index (χ4v) is 7.09. The Bertz CT molecular complexity index is 1010. The second-order valence-corrected chi connectivity index (χ2v) is 11.3. The van der Waals surface area contributed by atoms with Crippen LogP contribution in [0.5, 0.6) is 0 Å². The van der Waals surface area contributed by atoms with E-state index in [-0.39, 0.29) is 29.7 Å². The molecule has 1 saturated heterocycles. The lowest BCUT2D eigenvalue weighted by atomic mass is 9.52. The summed E-state index contributed by atoms with van der Waals surface area (Å²) >= 11 is 0. The van der Waals surface area contributed by atoms with Gasteiger partial charge in [-0.2, -0.15) is 13.2 Å². The van der Waals surface area contributed by atoms with Crippen molar-refractivity contribution in [1.29, 1.82) is 0 Å². The minimum absolute atomic E-state index is 0.00126. The monoisotopic (exact) mass is 511 g/mol. The van der Waals surface area contributed by atoms with Gasteiger partial charge in [-0.05, 0) is 69.8 Å². The molecule has 1 amide bonds. The summed E-state index contributed by atoms with van der Waals surface area (Å²) < 4.78 is 44.4. The molecule has 6 rings (SSSR count). The van der Waals surface area contributed by atoms with Crippen LogP contribution in [0.1, 0.15) is 51.6 Å². The highest BCUT2D eigenvalue weighted by Crippen LogP contribution is 2.57. The fourth-order valence-electron chi connectivity index (χ4n) is 7.09. The molecular weight excluding hydrogens is 479 g/mol. The van der Waals surface area contributed by atoms with Crippen LogP contribution in [0.25, 0.3) is 0 Å². The third kappa shape index (κ3) is 4.59. The van der Waals surface area contributed by atoms with Crippen LogP contribution in [0.15, 0.2) is 12.3 Å². The molecule has 9 nitrogen and oxygen atoms in total. The number of amides is 1. The summed E-state index contributed by atoms with van der Waals surface area (Å²) in [4.78, 5) is 36.2. The molecule has 198 valence electrons. The summed E-state index contributed by atoms with van der Waals surface area (Å²) in [5, 5.41) is 12.5. The van der Waals surface area contributed by atoms with Crippen molar-refractivity contribution in [3.8, 4) is 0 Å². The number of carboxylic acid groups (broad SMARTS) is 1. The van der Waals surface area contributed by atoms with E-state index in [1.54, 1.807) is 4.90 Å². The maximum absolute atomic E-state index is 13.5. The van der Waals surface area contributed by atoms with Crippen molar-refractivity contribution in [3.63, 3.8) is 0 Å². The van der Waals surface area contributed by atoms with Crippen LogP contribution in [0.4, 0.5) is 23.9 Å². The molecule has 4 aliphatic carbocycles. The van der Waals surface area contributed by atoms with Crippen molar-refractivity contribution >= 4 is 18.0 Å². The van der Waals surface area contributed by atoms with Gasteiger partial charge in [-0.25, -0.2) is 14.8 Å². The first kappa shape index (κ1) is 25.0. The van der Waals surface area contributed by atoms with E-state index in [0.717, 1.165) is 31.5 Å². The molecule has 1 aliphatic heterocycles. The van der Waals surface area contributed by atoms with E-state index in [1.807, 2.05) is 18.7 Å². The summed E-state index contributed by atoms with van der Waals surface area (Å²) in [6.07, 6.45) is -0.625. The standard InChI is InChI=1S/C24H32F3N5O4/c1-22(2,32-7-5-31(6-8-32)20-28-4-3-17(29-20)24(25,26)27)19(33)30-18-15-9-14-10-16(18)13-23(11-14,12-15)36-21(34)35/h3-4,14-16,18H,5-13H2,1-2H3,(H,30,33)(H,34,35). The molecule has 5 aliphatic rings. The van der Waals surface area contributed by atoms with Crippen LogP contribution in [-0.2, 0) is 15.7 Å². The number of carbonyl (C=O) groups is 2. The van der Waals surface area contributed by atoms with Gasteiger partial charge in [0.1, 0.15) is 11.3 Å². The van der Waals surface area contributed by atoms with Gasteiger partial charge in [0.2, 0.25) is 11.9 Å². The number of nitrogens with one attached hydrogen (secondary N) is 1. The van der Waals surface area contributed by atoms with Crippen LogP contribution < -0.4 is 10.2 Å². The summed E-state index contributed by atoms with van der Waals surface area (Å²) in [6, 6.07) is 0.853. The highest BCUT2D eigenvalue weighted by Gasteiger charge is 2.58. The average Bonchev–Trinajstić information content (AvgIpc) is 2.79. The normalized spacial score (nSPS) is 32.4. The maximum atomic E-state index is 13.5. The first-order valence-electron chi connectivity index (χ1n) is 12.5. The molecule has 1 aromatic rings. The number of ether oxygens (including phenoxy) is 1. The van der Waals surface area contributed by atoms with Crippen molar-refractivity contribution < 1.29 is 32.6 Å². The average molecular weight is 512 g/mol. The predicted molar refractivity (Wildman–Crippen MR) is 122 cm³/mol. The molecule has 0 aromatic carbocycles. The molecule has 2 N–H and O–H groups in total. The lowest BCUT2D eigenvalue weighted by molar-refractivity contribution is -0.157. The molecular formula is C24H32F3N5O4. The number of halogens is 3. The third-order valence-corrected chi connectivity index (χ3v) is 8.66. The minimum atomic E-state index is -4.53. The molecule has 4 bridgehead atoms. The first-order valence-corrected chi connectivity index (χ1v) is 12.5. The summed E-state index contributed by atoms with van der Waals surface area (Å²) in [5.74, 6) is 0.791. The van der Waals surface area contributed by atoms with Crippen molar-refractivity contribution in [2.75, 3.05) is 31.1 Å². The van der Waals surface area contributed by atoms with Gasteiger partial charge in [-0.1, -0.05) is 0 Å². The number of hydrogen-bond donors (Lipinski definition) is 2. The molecule has 0 spiro atoms. The van der Waals surface area contributed by atoms with Gasteiger partial charge in [0.15, 0.2) is 0 Å². The Balaban J connectivity index is 1.20. The van der Waals surface area contributed by atoms with E-state index in [4.69, 9.17) is 4.74 Å². The molecule has 2 heterocycles. The van der Waals surface area contributed by atoms with E-state index in [1.165, 1.54) is 0 Å². The van der Waals surface area contributed by atoms with Crippen molar-refractivity contribution in [3.05, 3.63) is 18.0 Å². The van der Waals surface area contributed by atoms with E-state index in [0.29, 0.717) is 44.9 Å². The van der Waals surface area contributed by atoms with Gasteiger partial charge >= 0.3 is 12.3 Å². The number of rotatable bonds is 5. The van der Waals surface area contributed by atoms with Gasteiger partial charge in [-0.15, -0.1) is 0 Å². The number of piperazine rings is 1. The van der Waals surface area contributed by atoms with Gasteiger partial charge in [0.25, 0.3) is 0 Å². The van der Waals surface area contributed by atoms with Crippen molar-refractivity contribution in [1.82, 2.24) is 20.2 Å². The molecule has 0 radical (unpaired) electrons. The minimum Gasteiger partial charge on any atom is -0.450 e. The van der Waals surface area contributed by atoms with E-state index in [2.05, 4.69) is 15.3 Å². The van der Waals surface area contributed by atoms with E-state index < -0.39 is 29.2 Å². The highest BCUT2D eigenvalue weighted by atomic mass is 19.4. The van der Waals surface area contributed by atoms with Gasteiger partial charge < -0.3 is 20.1 Å². The lowest BCUT2D eigenvalue weighted by Crippen LogP contribution is -2.66. The Labute approximate surface area is 207 Å². The summed E-state index contributed by atoms with van der Waals surface area (Å²) in [6.45, 7) is 5.50. The Hall–Kier alpha value is -2.63. The van der Waals surface area contributed by atoms with E-state index in [9.17, 15) is 27.9 Å². The molecule has 4 saturated carbocycles. The van der Waals surface area contributed by atoms with Gasteiger partial charge in [-0.3, -0.25) is 9.69 Å². The van der Waals surface area contributed by atoms with Crippen LogP contribution in [-0.4, -0.2) is 75.4 Å². The summed E-state index contributed by atoms with van der Waals surface area (Å²) in [5.41, 5.74) is -2.40. The van der Waals surface area contributed by atoms with Crippen LogP contribution in [0.3, 0.4) is 0 Å². The highest BCUT2D eigenvalue weighted by molar-refractivity contribution is 5.85. The Kier molecular flexibility index (Phi) is 6.08. The molecule has 36 heavy (non-hydrogen) atoms. The predicted octanol–water partition coefficient (Wildman–Crippen LogP) is 3.15. The molecule has 5 fully saturated rings. The Morgan fingerprint density at radius 3 is 2.33 bits per heavy atom. The fraction of sp³-hybridized carbons (Fsp3) is 0.750. The third-order valence-electron chi connectivity index (χ3n) is 8.66. The zero-order valence-corrected chi connectivity index (χ0v) is 20.4. The van der Waals surface area contributed by atoms with Crippen molar-refractivity contribution in [2.24, 2.45) is 17.8 Å². The van der Waals surface area contributed by atoms with Gasteiger partial charge in [0.05, 0.1) is 5.54 Å². The van der Waals surface area contributed by atoms with Crippen LogP contribution in [0.2, 0.25) is 0 Å². The number of carbonyl (C=O) groups excluding carboxylic acids is 1. The largest absolute Gasteiger partial charge is 0.506 e. The molecule has 2 unspecified atom stereocenters. The number of aromatic nitrogens is 2. The van der Waals surface area contributed by atoms with Crippen molar-refractivity contribution in [2.45, 2.75) is 69.3 Å². The topological polar surface area (TPSA) is 108 Å². The molecule has 1 aromatic heterocycles. The Morgan fingerprint density at radius 1 is 1.11 bits per heavy atom. The number of alkyl halides is 3. The van der Waals surface area contributed by atoms with E-state index >= 15 is 0 Å². The second kappa shape index (κ2) is 8.74. The zero-order chi connectivity index (χ0) is 25.9. The quantitative estimate of drug-likeness (QED) is 0.581. The number of anilines is 1. The number of hydrogen-bond acceptors (Lipinski definition) is 7. The van der Waals surface area contributed by atoms with Gasteiger partial charge in [0, 0.05) is 38.4 Å². The first-order chi connectivity index (χ1) is 16.9. The van der Waals surface area contributed by atoms with Crippen LogP contribution in [0, 0.1) is 17.8 Å². The molecule has 12 heteroatoms. The number of nitrogens with zero attached hydrogens (tertiary/aromatic N) is 4. The Morgan fingerprint density at radius 2 is 1.75 bits per heavy atom. The summed E-state index contributed by atoms with van der Waals surface area (Å²) in [7, 11) is 0.